The third-order valence-electron chi connectivity index (χ3n) is 3.33. The van der Waals surface area contributed by atoms with Gasteiger partial charge in [-0.05, 0) is 30.9 Å². The number of aliphatic hydroxyl groups excluding tert-OH is 1. The second-order valence-electron chi connectivity index (χ2n) is 4.81. The van der Waals surface area contributed by atoms with Crippen LogP contribution in [0.2, 0.25) is 0 Å². The minimum Gasteiger partial charge on any atom is -0.496 e. The summed E-state index contributed by atoms with van der Waals surface area (Å²) in [5, 5.41) is 12.0. The molecule has 1 aromatic carbocycles. The first-order valence-electron chi connectivity index (χ1n) is 6.46. The largest absolute Gasteiger partial charge is 0.496 e. The Labute approximate surface area is 113 Å². The van der Waals surface area contributed by atoms with Gasteiger partial charge in [-0.25, -0.2) is 0 Å². The maximum absolute atomic E-state index is 11.6. The van der Waals surface area contributed by atoms with Gasteiger partial charge >= 0.3 is 0 Å². The zero-order valence-corrected chi connectivity index (χ0v) is 11.0. The van der Waals surface area contributed by atoms with E-state index in [4.69, 9.17) is 9.84 Å². The van der Waals surface area contributed by atoms with Gasteiger partial charge in [-0.2, -0.15) is 0 Å². The topological polar surface area (TPSA) is 58.6 Å². The van der Waals surface area contributed by atoms with Crippen LogP contribution in [0.1, 0.15) is 18.4 Å². The van der Waals surface area contributed by atoms with E-state index in [0.717, 1.165) is 24.2 Å². The fourth-order valence-electron chi connectivity index (χ4n) is 2.14. The maximum Gasteiger partial charge on any atom is 0.244 e. The Morgan fingerprint density at radius 3 is 2.89 bits per heavy atom. The van der Waals surface area contributed by atoms with E-state index in [9.17, 15) is 4.79 Å². The van der Waals surface area contributed by atoms with Crippen molar-refractivity contribution >= 4 is 12.0 Å². The molecule has 0 bridgehead atoms. The Hall–Kier alpha value is -1.81. The van der Waals surface area contributed by atoms with Crippen LogP contribution in [0.3, 0.4) is 0 Å². The molecular weight excluding hydrogens is 242 g/mol. The number of benzene rings is 1. The molecule has 1 aliphatic rings. The second-order valence-corrected chi connectivity index (χ2v) is 4.81. The smallest absolute Gasteiger partial charge is 0.244 e. The third-order valence-corrected chi connectivity index (χ3v) is 3.33. The SMILES string of the molecule is COc1ccccc1C=CC(=O)NCC1CC(O)C1. The summed E-state index contributed by atoms with van der Waals surface area (Å²) in [6.07, 6.45) is 4.65. The van der Waals surface area contributed by atoms with Gasteiger partial charge in [-0.3, -0.25) is 4.79 Å². The Kier molecular flexibility index (Phi) is 4.58. The number of carbonyl (C=O) groups excluding carboxylic acids is 1. The van der Waals surface area contributed by atoms with E-state index in [1.54, 1.807) is 13.2 Å². The van der Waals surface area contributed by atoms with Crippen molar-refractivity contribution < 1.29 is 14.6 Å². The predicted molar refractivity (Wildman–Crippen MR) is 73.8 cm³/mol. The van der Waals surface area contributed by atoms with Crippen molar-refractivity contribution in [2.75, 3.05) is 13.7 Å². The molecule has 102 valence electrons. The number of para-hydroxylation sites is 1. The highest BCUT2D eigenvalue weighted by molar-refractivity contribution is 5.92. The monoisotopic (exact) mass is 261 g/mol. The number of hydrogen-bond donors (Lipinski definition) is 2. The highest BCUT2D eigenvalue weighted by atomic mass is 16.5. The van der Waals surface area contributed by atoms with Gasteiger partial charge in [-0.15, -0.1) is 0 Å². The number of amides is 1. The highest BCUT2D eigenvalue weighted by Gasteiger charge is 2.26. The van der Waals surface area contributed by atoms with Gasteiger partial charge in [0.1, 0.15) is 5.75 Å². The van der Waals surface area contributed by atoms with Crippen LogP contribution in [0.5, 0.6) is 5.75 Å². The number of rotatable bonds is 5. The summed E-state index contributed by atoms with van der Waals surface area (Å²) in [5.74, 6) is 1.04. The van der Waals surface area contributed by atoms with Crippen LogP contribution in [0, 0.1) is 5.92 Å². The number of aliphatic hydroxyl groups is 1. The lowest BCUT2D eigenvalue weighted by Crippen LogP contribution is -2.37. The standard InChI is InChI=1S/C15H19NO3/c1-19-14-5-3-2-4-12(14)6-7-15(18)16-10-11-8-13(17)9-11/h2-7,11,13,17H,8-10H2,1H3,(H,16,18). The van der Waals surface area contributed by atoms with Crippen LogP contribution in [-0.4, -0.2) is 30.8 Å². The molecule has 0 atom stereocenters. The molecule has 2 N–H and O–H groups in total. The minimum atomic E-state index is -0.175. The van der Waals surface area contributed by atoms with Crippen molar-refractivity contribution in [2.45, 2.75) is 18.9 Å². The van der Waals surface area contributed by atoms with Gasteiger partial charge in [-0.1, -0.05) is 18.2 Å². The third kappa shape index (κ3) is 3.83. The second kappa shape index (κ2) is 6.38. The number of ether oxygens (including phenoxy) is 1. The Morgan fingerprint density at radius 1 is 1.47 bits per heavy atom. The summed E-state index contributed by atoms with van der Waals surface area (Å²) in [4.78, 5) is 11.6. The number of carbonyl (C=O) groups is 1. The highest BCUT2D eigenvalue weighted by Crippen LogP contribution is 2.26. The van der Waals surface area contributed by atoms with Crippen molar-refractivity contribution in [3.05, 3.63) is 35.9 Å². The molecule has 1 aromatic rings. The van der Waals surface area contributed by atoms with Crippen LogP contribution in [0.15, 0.2) is 30.3 Å². The van der Waals surface area contributed by atoms with Crippen molar-refractivity contribution in [3.63, 3.8) is 0 Å². The molecule has 1 aliphatic carbocycles. The zero-order chi connectivity index (χ0) is 13.7. The summed E-state index contributed by atoms with van der Waals surface area (Å²) in [6, 6.07) is 7.53. The van der Waals surface area contributed by atoms with Crippen LogP contribution in [0.4, 0.5) is 0 Å². The molecule has 4 heteroatoms. The number of nitrogens with one attached hydrogen (secondary N) is 1. The molecule has 1 fully saturated rings. The first kappa shape index (κ1) is 13.6. The average molecular weight is 261 g/mol. The maximum atomic E-state index is 11.6. The number of methoxy groups -OCH3 is 1. The fourth-order valence-corrected chi connectivity index (χ4v) is 2.14. The lowest BCUT2D eigenvalue weighted by molar-refractivity contribution is -0.117. The average Bonchev–Trinajstić information content (AvgIpc) is 2.40. The van der Waals surface area contributed by atoms with E-state index in [-0.39, 0.29) is 12.0 Å². The van der Waals surface area contributed by atoms with Gasteiger partial charge in [0.25, 0.3) is 0 Å². The van der Waals surface area contributed by atoms with Crippen LogP contribution >= 0.6 is 0 Å². The molecule has 0 aliphatic heterocycles. The van der Waals surface area contributed by atoms with Gasteiger partial charge in [0, 0.05) is 18.2 Å². The van der Waals surface area contributed by atoms with Crippen molar-refractivity contribution in [1.29, 1.82) is 0 Å². The Balaban J connectivity index is 1.82. The quantitative estimate of drug-likeness (QED) is 0.791. The molecule has 0 aromatic heterocycles. The minimum absolute atomic E-state index is 0.118. The van der Waals surface area contributed by atoms with Gasteiger partial charge in [0.2, 0.25) is 5.91 Å². The normalized spacial score (nSPS) is 22.0. The molecule has 1 amide bonds. The van der Waals surface area contributed by atoms with E-state index in [1.165, 1.54) is 6.08 Å². The molecule has 0 unspecified atom stereocenters. The molecule has 0 spiro atoms. The van der Waals surface area contributed by atoms with E-state index < -0.39 is 0 Å². The van der Waals surface area contributed by atoms with E-state index in [2.05, 4.69) is 5.32 Å². The van der Waals surface area contributed by atoms with Crippen molar-refractivity contribution in [3.8, 4) is 5.75 Å². The van der Waals surface area contributed by atoms with E-state index in [0.29, 0.717) is 12.5 Å². The molecule has 2 rings (SSSR count). The first-order chi connectivity index (χ1) is 9.19. The van der Waals surface area contributed by atoms with Gasteiger partial charge in [0.05, 0.1) is 13.2 Å². The van der Waals surface area contributed by atoms with Crippen molar-refractivity contribution in [1.82, 2.24) is 5.32 Å². The van der Waals surface area contributed by atoms with Crippen LogP contribution in [0.25, 0.3) is 6.08 Å². The first-order valence-corrected chi connectivity index (χ1v) is 6.46. The Morgan fingerprint density at radius 2 is 2.21 bits per heavy atom. The zero-order valence-electron chi connectivity index (χ0n) is 11.0. The predicted octanol–water partition coefficient (Wildman–Crippen LogP) is 1.60. The fraction of sp³-hybridized carbons (Fsp3) is 0.400. The summed E-state index contributed by atoms with van der Waals surface area (Å²) < 4.78 is 5.20. The van der Waals surface area contributed by atoms with Gasteiger partial charge < -0.3 is 15.2 Å². The molecular formula is C15H19NO3. The molecule has 0 heterocycles. The number of hydrogen-bond acceptors (Lipinski definition) is 3. The van der Waals surface area contributed by atoms with Crippen LogP contribution < -0.4 is 10.1 Å². The molecule has 0 saturated heterocycles. The molecule has 0 radical (unpaired) electrons. The molecule has 1 saturated carbocycles. The molecule has 19 heavy (non-hydrogen) atoms. The lowest BCUT2D eigenvalue weighted by Gasteiger charge is -2.31. The summed E-state index contributed by atoms with van der Waals surface area (Å²) in [7, 11) is 1.61. The Bertz CT molecular complexity index is 464. The van der Waals surface area contributed by atoms with Crippen molar-refractivity contribution in [2.24, 2.45) is 5.92 Å². The van der Waals surface area contributed by atoms with Gasteiger partial charge in [0.15, 0.2) is 0 Å². The van der Waals surface area contributed by atoms with E-state index in [1.807, 2.05) is 24.3 Å². The lowest BCUT2D eigenvalue weighted by atomic mass is 9.82. The van der Waals surface area contributed by atoms with E-state index >= 15 is 0 Å². The molecule has 4 nitrogen and oxygen atoms in total. The van der Waals surface area contributed by atoms with Crippen LogP contribution in [-0.2, 0) is 4.79 Å². The summed E-state index contributed by atoms with van der Waals surface area (Å²) in [5.41, 5.74) is 0.874. The summed E-state index contributed by atoms with van der Waals surface area (Å²) >= 11 is 0. The summed E-state index contributed by atoms with van der Waals surface area (Å²) in [6.45, 7) is 0.631.